The Morgan fingerprint density at radius 1 is 1.07 bits per heavy atom. The predicted molar refractivity (Wildman–Crippen MR) is 114 cm³/mol. The number of benzene rings is 1. The highest BCUT2D eigenvalue weighted by Gasteiger charge is 2.17. The van der Waals surface area contributed by atoms with Crippen molar-refractivity contribution >= 4 is 17.1 Å². The van der Waals surface area contributed by atoms with E-state index in [2.05, 4.69) is 23.7 Å². The molecule has 0 radical (unpaired) electrons. The first-order valence-electron chi connectivity index (χ1n) is 9.33. The topological polar surface area (TPSA) is 56.5 Å². The third-order valence-corrected chi connectivity index (χ3v) is 4.83. The molecule has 3 heterocycles. The zero-order valence-electron chi connectivity index (χ0n) is 16.4. The summed E-state index contributed by atoms with van der Waals surface area (Å²) in [7, 11) is 1.36. The van der Waals surface area contributed by atoms with Crippen molar-refractivity contribution in [2.45, 2.75) is 13.3 Å². The van der Waals surface area contributed by atoms with E-state index in [1.54, 1.807) is 6.07 Å². The molecule has 0 fully saturated rings. The Labute approximate surface area is 169 Å². The summed E-state index contributed by atoms with van der Waals surface area (Å²) in [6.45, 7) is 6.00. The molecule has 0 aliphatic rings. The molecule has 0 N–H and O–H groups in total. The minimum Gasteiger partial charge on any atom is -0.464 e. The van der Waals surface area contributed by atoms with Gasteiger partial charge in [0.2, 0.25) is 0 Å². The Morgan fingerprint density at radius 2 is 1.86 bits per heavy atom. The maximum absolute atomic E-state index is 11.9. The fourth-order valence-electron chi connectivity index (χ4n) is 3.33. The van der Waals surface area contributed by atoms with Crippen molar-refractivity contribution in [3.8, 4) is 11.3 Å². The summed E-state index contributed by atoms with van der Waals surface area (Å²) in [5.41, 5.74) is 7.09. The Kier molecular flexibility index (Phi) is 4.96. The normalized spacial score (nSPS) is 10.8. The molecule has 0 amide bonds. The van der Waals surface area contributed by atoms with Gasteiger partial charge in [-0.25, -0.2) is 14.3 Å². The van der Waals surface area contributed by atoms with Crippen LogP contribution < -0.4 is 0 Å². The smallest absolute Gasteiger partial charge is 0.356 e. The number of hydrogen-bond acceptors (Lipinski definition) is 4. The van der Waals surface area contributed by atoms with Crippen LogP contribution in [0.5, 0.6) is 0 Å². The summed E-state index contributed by atoms with van der Waals surface area (Å²) in [4.78, 5) is 16.3. The van der Waals surface area contributed by atoms with E-state index in [1.165, 1.54) is 7.11 Å². The number of aromatic nitrogens is 3. The van der Waals surface area contributed by atoms with Crippen LogP contribution in [0.2, 0.25) is 0 Å². The molecule has 4 rings (SSSR count). The highest BCUT2D eigenvalue weighted by atomic mass is 16.5. The molecule has 5 nitrogen and oxygen atoms in total. The van der Waals surface area contributed by atoms with Gasteiger partial charge >= 0.3 is 5.97 Å². The summed E-state index contributed by atoms with van der Waals surface area (Å²) in [5, 5.41) is 4.85. The van der Waals surface area contributed by atoms with E-state index < -0.39 is 5.97 Å². The van der Waals surface area contributed by atoms with Crippen molar-refractivity contribution in [2.24, 2.45) is 0 Å². The second kappa shape index (κ2) is 7.72. The van der Waals surface area contributed by atoms with Crippen LogP contribution in [0.4, 0.5) is 0 Å². The van der Waals surface area contributed by atoms with Gasteiger partial charge in [0.25, 0.3) is 0 Å². The van der Waals surface area contributed by atoms with Crippen LogP contribution in [0.25, 0.3) is 22.3 Å². The van der Waals surface area contributed by atoms with Gasteiger partial charge in [0.15, 0.2) is 0 Å². The van der Waals surface area contributed by atoms with Crippen LogP contribution >= 0.6 is 0 Å². The van der Waals surface area contributed by atoms with Crippen LogP contribution in [-0.4, -0.2) is 27.7 Å². The van der Waals surface area contributed by atoms with E-state index in [4.69, 9.17) is 9.84 Å². The molecular formula is C24H21N3O2. The summed E-state index contributed by atoms with van der Waals surface area (Å²) in [6.07, 6.45) is 2.54. The zero-order chi connectivity index (χ0) is 20.4. The third kappa shape index (κ3) is 3.67. The van der Waals surface area contributed by atoms with Crippen molar-refractivity contribution in [3.05, 3.63) is 96.0 Å². The van der Waals surface area contributed by atoms with Crippen molar-refractivity contribution in [1.82, 2.24) is 14.6 Å². The Balaban J connectivity index is 1.86. The number of hydrogen-bond donors (Lipinski definition) is 0. The van der Waals surface area contributed by atoms with Gasteiger partial charge in [0, 0.05) is 29.4 Å². The van der Waals surface area contributed by atoms with Crippen LogP contribution in [0, 0.1) is 0 Å². The summed E-state index contributed by atoms with van der Waals surface area (Å²) < 4.78 is 6.69. The zero-order valence-corrected chi connectivity index (χ0v) is 16.4. The fourth-order valence-corrected chi connectivity index (χ4v) is 3.33. The van der Waals surface area contributed by atoms with Gasteiger partial charge in [-0.15, -0.1) is 0 Å². The van der Waals surface area contributed by atoms with Gasteiger partial charge in [-0.2, -0.15) is 5.10 Å². The third-order valence-electron chi connectivity index (χ3n) is 4.83. The average molecular weight is 383 g/mol. The van der Waals surface area contributed by atoms with E-state index in [9.17, 15) is 4.79 Å². The van der Waals surface area contributed by atoms with E-state index in [0.29, 0.717) is 12.1 Å². The van der Waals surface area contributed by atoms with Gasteiger partial charge in [-0.05, 0) is 36.3 Å². The summed E-state index contributed by atoms with van der Waals surface area (Å²) in [6, 6.07) is 19.6. The first-order valence-corrected chi connectivity index (χ1v) is 9.33. The summed E-state index contributed by atoms with van der Waals surface area (Å²) >= 11 is 0. The van der Waals surface area contributed by atoms with Gasteiger partial charge in [0.1, 0.15) is 5.69 Å². The van der Waals surface area contributed by atoms with Crippen LogP contribution in [0.15, 0.2) is 73.4 Å². The summed E-state index contributed by atoms with van der Waals surface area (Å²) in [5.74, 6) is -0.443. The standard InChI is InChI=1S/C24H21N3O2/c1-16(2)18-12-13-22-20(14-19-10-7-11-21(25-19)24(28)29-3)23(26-27(22)15-18)17-8-5-4-6-9-17/h4-13,15H,1,14H2,2-3H3. The van der Waals surface area contributed by atoms with E-state index in [1.807, 2.05) is 60.1 Å². The number of ether oxygens (including phenoxy) is 1. The van der Waals surface area contributed by atoms with Crippen LogP contribution in [0.1, 0.15) is 34.2 Å². The predicted octanol–water partition coefficient (Wildman–Crippen LogP) is 4.81. The Hall–Kier alpha value is -3.73. The largest absolute Gasteiger partial charge is 0.464 e. The molecule has 0 aliphatic carbocycles. The van der Waals surface area contributed by atoms with Gasteiger partial charge < -0.3 is 4.74 Å². The minimum absolute atomic E-state index is 0.298. The second-order valence-electron chi connectivity index (χ2n) is 6.90. The molecule has 144 valence electrons. The number of allylic oxidation sites excluding steroid dienone is 1. The monoisotopic (exact) mass is 383 g/mol. The molecule has 0 aliphatic heterocycles. The first-order chi connectivity index (χ1) is 14.1. The number of carbonyl (C=O) groups excluding carboxylic acids is 1. The van der Waals surface area contributed by atoms with Gasteiger partial charge in [0.05, 0.1) is 18.3 Å². The molecule has 29 heavy (non-hydrogen) atoms. The van der Waals surface area contributed by atoms with Crippen molar-refractivity contribution in [2.75, 3.05) is 7.11 Å². The number of esters is 1. The molecular weight excluding hydrogens is 362 g/mol. The van der Waals surface area contributed by atoms with Crippen LogP contribution in [0.3, 0.4) is 0 Å². The lowest BCUT2D eigenvalue weighted by Gasteiger charge is -2.06. The SMILES string of the molecule is C=C(C)c1ccc2c(Cc3cccc(C(=O)OC)n3)c(-c3ccccc3)nn2c1. The lowest BCUT2D eigenvalue weighted by atomic mass is 10.0. The molecule has 1 aromatic carbocycles. The van der Waals surface area contributed by atoms with Gasteiger partial charge in [-0.3, -0.25) is 0 Å². The minimum atomic E-state index is -0.443. The highest BCUT2D eigenvalue weighted by molar-refractivity contribution is 5.87. The first kappa shape index (κ1) is 18.6. The maximum atomic E-state index is 11.9. The van der Waals surface area contributed by atoms with Crippen LogP contribution in [-0.2, 0) is 11.2 Å². The van der Waals surface area contributed by atoms with Crippen molar-refractivity contribution in [3.63, 3.8) is 0 Å². The Morgan fingerprint density at radius 3 is 2.59 bits per heavy atom. The number of carbonyl (C=O) groups is 1. The average Bonchev–Trinajstić information content (AvgIpc) is 3.11. The molecule has 0 saturated carbocycles. The number of nitrogens with zero attached hydrogens (tertiary/aromatic N) is 3. The quantitative estimate of drug-likeness (QED) is 0.464. The molecule has 4 aromatic rings. The number of pyridine rings is 2. The highest BCUT2D eigenvalue weighted by Crippen LogP contribution is 2.29. The number of rotatable bonds is 5. The fraction of sp³-hybridized carbons (Fsp3) is 0.125. The maximum Gasteiger partial charge on any atom is 0.356 e. The van der Waals surface area contributed by atoms with Crippen molar-refractivity contribution < 1.29 is 9.53 Å². The molecule has 0 atom stereocenters. The lowest BCUT2D eigenvalue weighted by molar-refractivity contribution is 0.0593. The number of methoxy groups -OCH3 is 1. The number of fused-ring (bicyclic) bond motifs is 1. The second-order valence-corrected chi connectivity index (χ2v) is 6.90. The molecule has 0 bridgehead atoms. The Bertz CT molecular complexity index is 1210. The van der Waals surface area contributed by atoms with Crippen molar-refractivity contribution in [1.29, 1.82) is 0 Å². The molecule has 0 unspecified atom stereocenters. The molecule has 0 spiro atoms. The molecule has 3 aromatic heterocycles. The molecule has 5 heteroatoms. The van der Waals surface area contributed by atoms with Gasteiger partial charge in [-0.1, -0.05) is 49.0 Å². The molecule has 0 saturated heterocycles. The van der Waals surface area contributed by atoms with E-state index in [-0.39, 0.29) is 0 Å². The lowest BCUT2D eigenvalue weighted by Crippen LogP contribution is -2.06. The van der Waals surface area contributed by atoms with E-state index >= 15 is 0 Å². The van der Waals surface area contributed by atoms with E-state index in [0.717, 1.165) is 39.2 Å².